The molecule has 9 heteroatoms. The van der Waals surface area contributed by atoms with Crippen molar-refractivity contribution < 1.29 is 22.5 Å². The molecule has 0 saturated heterocycles. The zero-order chi connectivity index (χ0) is 18.7. The molecule has 0 radical (unpaired) electrons. The second-order valence-electron chi connectivity index (χ2n) is 5.19. The van der Waals surface area contributed by atoms with E-state index in [-0.39, 0.29) is 5.56 Å². The van der Waals surface area contributed by atoms with Gasteiger partial charge in [0.25, 0.3) is 5.91 Å². The number of benzene rings is 2. The van der Waals surface area contributed by atoms with Gasteiger partial charge < -0.3 is 9.84 Å². The van der Waals surface area contributed by atoms with Gasteiger partial charge in [0.2, 0.25) is 5.89 Å². The van der Waals surface area contributed by atoms with Gasteiger partial charge >= 0.3 is 0 Å². The molecule has 5 nitrogen and oxygen atoms in total. The van der Waals surface area contributed by atoms with Crippen LogP contribution in [-0.4, -0.2) is 16.0 Å². The Kier molecular flexibility index (Phi) is 5.27. The van der Waals surface area contributed by atoms with E-state index in [9.17, 15) is 18.0 Å². The maximum Gasteiger partial charge on any atom is 0.256 e. The number of hydrogen-bond donors (Lipinski definition) is 1. The van der Waals surface area contributed by atoms with Crippen LogP contribution in [0, 0.1) is 24.4 Å². The predicted molar refractivity (Wildman–Crippen MR) is 89.3 cm³/mol. The summed E-state index contributed by atoms with van der Waals surface area (Å²) in [5, 5.41) is 6.02. The Bertz CT molecular complexity index is 962. The molecule has 2 aromatic carbocycles. The topological polar surface area (TPSA) is 68.0 Å². The molecule has 0 saturated carbocycles. The highest BCUT2D eigenvalue weighted by atomic mass is 32.2. The first-order valence-electron chi connectivity index (χ1n) is 7.41. The molecule has 1 amide bonds. The van der Waals surface area contributed by atoms with Crippen LogP contribution in [0.25, 0.3) is 0 Å². The average Bonchev–Trinajstić information content (AvgIpc) is 3.06. The number of amides is 1. The fraction of sp³-hybridized carbons (Fsp3) is 0.118. The molecule has 1 aromatic heterocycles. The highest BCUT2D eigenvalue weighted by Gasteiger charge is 2.18. The number of aryl methyl sites for hydroxylation is 1. The third-order valence-corrected chi connectivity index (χ3v) is 4.41. The van der Waals surface area contributed by atoms with Crippen LogP contribution < -0.4 is 5.32 Å². The highest BCUT2D eigenvalue weighted by Crippen LogP contribution is 2.27. The second kappa shape index (κ2) is 7.61. The summed E-state index contributed by atoms with van der Waals surface area (Å²) in [6.07, 6.45) is 0. The molecule has 134 valence electrons. The fourth-order valence-corrected chi connectivity index (χ4v) is 3.03. The highest BCUT2D eigenvalue weighted by molar-refractivity contribution is 7.98. The summed E-state index contributed by atoms with van der Waals surface area (Å²) in [7, 11) is 0. The lowest BCUT2D eigenvalue weighted by molar-refractivity contribution is 0.102. The largest absolute Gasteiger partial charge is 0.340 e. The first-order chi connectivity index (χ1) is 12.5. The maximum absolute atomic E-state index is 13.7. The summed E-state index contributed by atoms with van der Waals surface area (Å²) in [5.41, 5.74) is -0.190. The lowest BCUT2D eigenvalue weighted by Crippen LogP contribution is -2.15. The number of carbonyl (C=O) groups is 1. The molecular weight excluding hydrogens is 367 g/mol. The minimum absolute atomic E-state index is 0.252. The van der Waals surface area contributed by atoms with Gasteiger partial charge in [0.05, 0.1) is 17.0 Å². The smallest absolute Gasteiger partial charge is 0.256 e. The molecule has 3 rings (SSSR count). The Balaban J connectivity index is 1.78. The van der Waals surface area contributed by atoms with Gasteiger partial charge in [-0.25, -0.2) is 13.2 Å². The zero-order valence-electron chi connectivity index (χ0n) is 13.4. The van der Waals surface area contributed by atoms with Gasteiger partial charge in [0.1, 0.15) is 0 Å². The van der Waals surface area contributed by atoms with Crippen LogP contribution in [0.4, 0.5) is 18.9 Å². The van der Waals surface area contributed by atoms with Gasteiger partial charge in [-0.3, -0.25) is 4.79 Å². The van der Waals surface area contributed by atoms with Gasteiger partial charge in [-0.1, -0.05) is 17.3 Å². The van der Waals surface area contributed by atoms with E-state index in [1.54, 1.807) is 25.1 Å². The summed E-state index contributed by atoms with van der Waals surface area (Å²) in [6.45, 7) is 1.67. The van der Waals surface area contributed by atoms with Crippen molar-refractivity contribution in [1.29, 1.82) is 0 Å². The number of carbonyl (C=O) groups excluding carboxylic acids is 1. The monoisotopic (exact) mass is 379 g/mol. The van der Waals surface area contributed by atoms with E-state index in [0.29, 0.717) is 22.4 Å². The van der Waals surface area contributed by atoms with Crippen molar-refractivity contribution in [2.24, 2.45) is 0 Å². The quantitative estimate of drug-likeness (QED) is 0.528. The Morgan fingerprint density at radius 3 is 2.65 bits per heavy atom. The van der Waals surface area contributed by atoms with Crippen molar-refractivity contribution in [3.63, 3.8) is 0 Å². The van der Waals surface area contributed by atoms with Crippen LogP contribution in [0.2, 0.25) is 0 Å². The van der Waals surface area contributed by atoms with E-state index in [0.717, 1.165) is 12.1 Å². The van der Waals surface area contributed by atoms with E-state index in [4.69, 9.17) is 4.52 Å². The lowest BCUT2D eigenvalue weighted by Gasteiger charge is -2.10. The molecule has 1 N–H and O–H groups in total. The molecule has 0 aliphatic heterocycles. The molecule has 3 aromatic rings. The third-order valence-electron chi connectivity index (χ3n) is 3.34. The van der Waals surface area contributed by atoms with Gasteiger partial charge in [0.15, 0.2) is 23.3 Å². The number of rotatable bonds is 5. The van der Waals surface area contributed by atoms with E-state index >= 15 is 0 Å². The fourth-order valence-electron chi connectivity index (χ4n) is 2.13. The summed E-state index contributed by atoms with van der Waals surface area (Å²) in [6, 6.07) is 8.32. The zero-order valence-corrected chi connectivity index (χ0v) is 14.2. The van der Waals surface area contributed by atoms with E-state index in [1.165, 1.54) is 17.8 Å². The Labute approximate surface area is 150 Å². The van der Waals surface area contributed by atoms with E-state index in [2.05, 4.69) is 15.5 Å². The second-order valence-corrected chi connectivity index (χ2v) is 6.21. The molecular formula is C17H12F3N3O2S. The van der Waals surface area contributed by atoms with Crippen molar-refractivity contribution in [2.45, 2.75) is 17.6 Å². The maximum atomic E-state index is 13.7. The number of nitrogens with one attached hydrogen (secondary N) is 1. The van der Waals surface area contributed by atoms with Crippen LogP contribution in [0.1, 0.15) is 22.1 Å². The van der Waals surface area contributed by atoms with Gasteiger partial charge in [-0.05, 0) is 24.3 Å². The van der Waals surface area contributed by atoms with Gasteiger partial charge in [-0.15, -0.1) is 11.8 Å². The molecule has 0 aliphatic rings. The normalized spacial score (nSPS) is 10.8. The Morgan fingerprint density at radius 2 is 1.92 bits per heavy atom. The molecule has 0 atom stereocenters. The summed E-state index contributed by atoms with van der Waals surface area (Å²) in [4.78, 5) is 17.1. The van der Waals surface area contributed by atoms with Crippen molar-refractivity contribution >= 4 is 23.4 Å². The third kappa shape index (κ3) is 3.88. The molecule has 26 heavy (non-hydrogen) atoms. The minimum Gasteiger partial charge on any atom is -0.340 e. The van der Waals surface area contributed by atoms with Gasteiger partial charge in [0, 0.05) is 11.8 Å². The van der Waals surface area contributed by atoms with Crippen LogP contribution in [-0.2, 0) is 5.75 Å². The van der Waals surface area contributed by atoms with Crippen molar-refractivity contribution in [1.82, 2.24) is 10.1 Å². The molecule has 0 unspecified atom stereocenters. The molecule has 0 spiro atoms. The van der Waals surface area contributed by atoms with Crippen molar-refractivity contribution in [3.05, 3.63) is 71.1 Å². The number of thioether (sulfide) groups is 1. The van der Waals surface area contributed by atoms with E-state index < -0.39 is 29.0 Å². The number of anilines is 1. The SMILES string of the molecule is Cc1nc(CSc2ccccc2C(=O)Nc2ccc(F)c(F)c2F)no1. The van der Waals surface area contributed by atoms with Crippen LogP contribution >= 0.6 is 11.8 Å². The molecule has 0 aliphatic carbocycles. The predicted octanol–water partition coefficient (Wildman–Crippen LogP) is 4.34. The van der Waals surface area contributed by atoms with Crippen LogP contribution in [0.3, 0.4) is 0 Å². The average molecular weight is 379 g/mol. The van der Waals surface area contributed by atoms with Crippen molar-refractivity contribution in [2.75, 3.05) is 5.32 Å². The van der Waals surface area contributed by atoms with E-state index in [1.807, 2.05) is 0 Å². The summed E-state index contributed by atoms with van der Waals surface area (Å²) < 4.78 is 44.9. The number of aromatic nitrogens is 2. The molecule has 0 bridgehead atoms. The Hall–Kier alpha value is -2.81. The standard InChI is InChI=1S/C17H12F3N3O2S/c1-9-21-14(23-25-9)8-26-13-5-3-2-4-10(13)17(24)22-12-7-6-11(18)15(19)16(12)20/h2-7H,8H2,1H3,(H,22,24). The first kappa shape index (κ1) is 18.0. The summed E-state index contributed by atoms with van der Waals surface area (Å²) >= 11 is 1.29. The molecule has 1 heterocycles. The van der Waals surface area contributed by atoms with Crippen LogP contribution in [0.15, 0.2) is 45.8 Å². The molecule has 0 fully saturated rings. The summed E-state index contributed by atoms with van der Waals surface area (Å²) in [5.74, 6) is -3.81. The number of hydrogen-bond acceptors (Lipinski definition) is 5. The number of nitrogens with zero attached hydrogens (tertiary/aromatic N) is 2. The van der Waals surface area contributed by atoms with Gasteiger partial charge in [-0.2, -0.15) is 4.98 Å². The Morgan fingerprint density at radius 1 is 1.15 bits per heavy atom. The lowest BCUT2D eigenvalue weighted by atomic mass is 10.2. The number of halogens is 3. The first-order valence-corrected chi connectivity index (χ1v) is 8.40. The minimum atomic E-state index is -1.64. The van der Waals surface area contributed by atoms with Crippen LogP contribution in [0.5, 0.6) is 0 Å². The van der Waals surface area contributed by atoms with Crippen molar-refractivity contribution in [3.8, 4) is 0 Å².